The van der Waals surface area contributed by atoms with Gasteiger partial charge < -0.3 is 10.0 Å². The van der Waals surface area contributed by atoms with E-state index in [4.69, 9.17) is 5.11 Å². The molecule has 0 aromatic heterocycles. The zero-order chi connectivity index (χ0) is 15.2. The van der Waals surface area contributed by atoms with Crippen molar-refractivity contribution in [1.82, 2.24) is 4.90 Å². The Morgan fingerprint density at radius 3 is 2.90 bits per heavy atom. The van der Waals surface area contributed by atoms with Crippen LogP contribution in [0.15, 0.2) is 29.2 Å². The number of piperidine rings is 1. The van der Waals surface area contributed by atoms with Crippen molar-refractivity contribution in [2.24, 2.45) is 5.92 Å². The van der Waals surface area contributed by atoms with Gasteiger partial charge in [-0.25, -0.2) is 0 Å². The van der Waals surface area contributed by atoms with E-state index in [1.807, 2.05) is 0 Å². The Labute approximate surface area is 127 Å². The van der Waals surface area contributed by atoms with Crippen LogP contribution in [-0.2, 0) is 0 Å². The minimum atomic E-state index is -2.54. The van der Waals surface area contributed by atoms with Crippen LogP contribution < -0.4 is 0 Å². The Kier molecular flexibility index (Phi) is 5.99. The third kappa shape index (κ3) is 4.41. The zero-order valence-corrected chi connectivity index (χ0v) is 12.5. The number of aliphatic hydroxyl groups excluding tert-OH is 1. The number of alkyl halides is 2. The number of halogens is 2. The van der Waals surface area contributed by atoms with Gasteiger partial charge in [-0.2, -0.15) is 8.78 Å². The van der Waals surface area contributed by atoms with E-state index in [1.54, 1.807) is 29.2 Å². The number of likely N-dealkylation sites (tertiary alicyclic amines) is 1. The minimum absolute atomic E-state index is 0.116. The molecule has 1 amide bonds. The number of amides is 1. The highest BCUT2D eigenvalue weighted by atomic mass is 32.2. The lowest BCUT2D eigenvalue weighted by molar-refractivity contribution is 0.0650. The predicted molar refractivity (Wildman–Crippen MR) is 78.6 cm³/mol. The van der Waals surface area contributed by atoms with Crippen LogP contribution in [-0.4, -0.2) is 41.4 Å². The Balaban J connectivity index is 2.12. The van der Waals surface area contributed by atoms with Gasteiger partial charge in [0.05, 0.1) is 5.56 Å². The van der Waals surface area contributed by atoms with Crippen LogP contribution in [0.2, 0.25) is 0 Å². The highest BCUT2D eigenvalue weighted by molar-refractivity contribution is 7.99. The van der Waals surface area contributed by atoms with Crippen LogP contribution in [0.25, 0.3) is 0 Å². The molecular weight excluding hydrogens is 296 g/mol. The summed E-state index contributed by atoms with van der Waals surface area (Å²) in [5.74, 6) is -2.44. The summed E-state index contributed by atoms with van der Waals surface area (Å²) in [4.78, 5) is 14.6. The summed E-state index contributed by atoms with van der Waals surface area (Å²) in [6, 6.07) is 6.51. The van der Waals surface area contributed by atoms with Gasteiger partial charge in [-0.05, 0) is 37.3 Å². The average Bonchev–Trinajstić information content (AvgIpc) is 2.47. The first kappa shape index (κ1) is 16.2. The number of benzene rings is 1. The lowest BCUT2D eigenvalue weighted by Crippen LogP contribution is -2.40. The number of hydrogen-bond donors (Lipinski definition) is 1. The van der Waals surface area contributed by atoms with Gasteiger partial charge >= 0.3 is 0 Å². The van der Waals surface area contributed by atoms with Crippen molar-refractivity contribution in [2.45, 2.75) is 29.9 Å². The predicted octanol–water partition coefficient (Wildman–Crippen LogP) is 3.24. The fourth-order valence-electron chi connectivity index (χ4n) is 2.68. The van der Waals surface area contributed by atoms with E-state index < -0.39 is 5.76 Å². The maximum absolute atomic E-state index is 12.6. The molecule has 1 saturated heterocycles. The van der Waals surface area contributed by atoms with E-state index in [2.05, 4.69) is 0 Å². The van der Waals surface area contributed by atoms with Crippen molar-refractivity contribution in [3.63, 3.8) is 0 Å². The lowest BCUT2D eigenvalue weighted by Gasteiger charge is -2.33. The van der Waals surface area contributed by atoms with Crippen LogP contribution in [0.5, 0.6) is 0 Å². The third-order valence-corrected chi connectivity index (χ3v) is 4.47. The van der Waals surface area contributed by atoms with Gasteiger partial charge in [0.25, 0.3) is 11.7 Å². The molecule has 3 nitrogen and oxygen atoms in total. The number of hydrogen-bond acceptors (Lipinski definition) is 3. The first-order valence-electron chi connectivity index (χ1n) is 7.05. The largest absolute Gasteiger partial charge is 0.396 e. The first-order valence-corrected chi connectivity index (χ1v) is 7.93. The van der Waals surface area contributed by atoms with E-state index in [0.29, 0.717) is 47.6 Å². The molecular formula is C15H19F2NO2S. The second kappa shape index (κ2) is 7.75. The van der Waals surface area contributed by atoms with E-state index in [-0.39, 0.29) is 12.5 Å². The second-order valence-electron chi connectivity index (χ2n) is 5.15. The fraction of sp³-hybridized carbons (Fsp3) is 0.533. The van der Waals surface area contributed by atoms with Gasteiger partial charge in [-0.15, -0.1) is 0 Å². The molecule has 1 aliphatic rings. The molecule has 21 heavy (non-hydrogen) atoms. The number of rotatable bonds is 5. The summed E-state index contributed by atoms with van der Waals surface area (Å²) in [5, 5.41) is 9.01. The van der Waals surface area contributed by atoms with Crippen LogP contribution >= 0.6 is 11.8 Å². The molecule has 6 heteroatoms. The SMILES string of the molecule is O=C(c1ccccc1SC(F)F)N1CCCC(CCO)C1. The quantitative estimate of drug-likeness (QED) is 0.848. The van der Waals surface area contributed by atoms with Gasteiger partial charge in [0, 0.05) is 24.6 Å². The van der Waals surface area contributed by atoms with Crippen molar-refractivity contribution in [2.75, 3.05) is 19.7 Å². The summed E-state index contributed by atoms with van der Waals surface area (Å²) in [5.41, 5.74) is 0.340. The van der Waals surface area contributed by atoms with E-state index in [9.17, 15) is 13.6 Å². The minimum Gasteiger partial charge on any atom is -0.396 e. The first-order chi connectivity index (χ1) is 10.1. The third-order valence-electron chi connectivity index (χ3n) is 3.68. The second-order valence-corrected chi connectivity index (χ2v) is 6.18. The Morgan fingerprint density at radius 1 is 1.43 bits per heavy atom. The smallest absolute Gasteiger partial charge is 0.288 e. The zero-order valence-electron chi connectivity index (χ0n) is 11.7. The highest BCUT2D eigenvalue weighted by Crippen LogP contribution is 2.30. The molecule has 0 saturated carbocycles. The van der Waals surface area contributed by atoms with Crippen molar-refractivity contribution >= 4 is 17.7 Å². The van der Waals surface area contributed by atoms with Gasteiger partial charge in [-0.1, -0.05) is 23.9 Å². The van der Waals surface area contributed by atoms with Gasteiger partial charge in [0.15, 0.2) is 0 Å². The summed E-state index contributed by atoms with van der Waals surface area (Å²) < 4.78 is 25.2. The molecule has 1 heterocycles. The Morgan fingerprint density at radius 2 is 2.19 bits per heavy atom. The summed E-state index contributed by atoms with van der Waals surface area (Å²) >= 11 is 0.408. The number of aliphatic hydroxyl groups is 1. The van der Waals surface area contributed by atoms with E-state index in [1.165, 1.54) is 0 Å². The van der Waals surface area contributed by atoms with Crippen molar-refractivity contribution < 1.29 is 18.7 Å². The molecule has 0 radical (unpaired) electrons. The van der Waals surface area contributed by atoms with Crippen molar-refractivity contribution in [3.05, 3.63) is 29.8 Å². The van der Waals surface area contributed by atoms with Gasteiger partial charge in [0.1, 0.15) is 0 Å². The number of thioether (sulfide) groups is 1. The summed E-state index contributed by atoms with van der Waals surface area (Å²) in [6.07, 6.45) is 2.57. The van der Waals surface area contributed by atoms with Crippen LogP contribution in [0, 0.1) is 5.92 Å². The van der Waals surface area contributed by atoms with Crippen molar-refractivity contribution in [3.8, 4) is 0 Å². The van der Waals surface area contributed by atoms with Gasteiger partial charge in [0.2, 0.25) is 0 Å². The highest BCUT2D eigenvalue weighted by Gasteiger charge is 2.26. The molecule has 2 rings (SSSR count). The topological polar surface area (TPSA) is 40.5 Å². The monoisotopic (exact) mass is 315 g/mol. The van der Waals surface area contributed by atoms with Crippen molar-refractivity contribution in [1.29, 1.82) is 0 Å². The normalized spacial score (nSPS) is 19.0. The summed E-state index contributed by atoms with van der Waals surface area (Å²) in [6.45, 7) is 1.35. The molecule has 1 atom stereocenters. The number of carbonyl (C=O) groups is 1. The summed E-state index contributed by atoms with van der Waals surface area (Å²) in [7, 11) is 0. The van der Waals surface area contributed by atoms with E-state index >= 15 is 0 Å². The fourth-order valence-corrected chi connectivity index (χ4v) is 3.31. The average molecular weight is 315 g/mol. The molecule has 116 valence electrons. The molecule has 1 aromatic carbocycles. The lowest BCUT2D eigenvalue weighted by atomic mass is 9.94. The molecule has 0 bridgehead atoms. The standard InChI is InChI=1S/C15H19F2NO2S/c16-15(17)21-13-6-2-1-5-12(13)14(20)18-8-3-4-11(10-18)7-9-19/h1-2,5-6,11,15,19H,3-4,7-10H2. The van der Waals surface area contributed by atoms with Gasteiger partial charge in [-0.3, -0.25) is 4.79 Å². The van der Waals surface area contributed by atoms with Crippen LogP contribution in [0.3, 0.4) is 0 Å². The van der Waals surface area contributed by atoms with Crippen LogP contribution in [0.4, 0.5) is 8.78 Å². The molecule has 1 N–H and O–H groups in total. The molecule has 1 unspecified atom stereocenters. The van der Waals surface area contributed by atoms with Crippen LogP contribution in [0.1, 0.15) is 29.6 Å². The molecule has 1 aliphatic heterocycles. The molecule has 0 spiro atoms. The van der Waals surface area contributed by atoms with E-state index in [0.717, 1.165) is 12.8 Å². The maximum Gasteiger partial charge on any atom is 0.288 e. The Hall–Kier alpha value is -1.14. The maximum atomic E-state index is 12.6. The molecule has 0 aliphatic carbocycles. The molecule has 1 fully saturated rings. The Bertz CT molecular complexity index is 482. The number of carbonyl (C=O) groups excluding carboxylic acids is 1. The molecule has 1 aromatic rings. The number of nitrogens with zero attached hydrogens (tertiary/aromatic N) is 1.